The molecule has 0 saturated heterocycles. The van der Waals surface area contributed by atoms with Crippen molar-refractivity contribution in [1.82, 2.24) is 0 Å². The van der Waals surface area contributed by atoms with Crippen molar-refractivity contribution < 1.29 is 18.3 Å². The van der Waals surface area contributed by atoms with Crippen LogP contribution in [-0.4, -0.2) is 11.7 Å². The van der Waals surface area contributed by atoms with Gasteiger partial charge in [0, 0.05) is 23.6 Å². The fourth-order valence-electron chi connectivity index (χ4n) is 1.55. The molecule has 15 heavy (non-hydrogen) atoms. The molecule has 2 rings (SSSR count). The van der Waals surface area contributed by atoms with Crippen LogP contribution in [0.5, 0.6) is 0 Å². The second-order valence-corrected chi connectivity index (χ2v) is 3.17. The molecule has 1 aromatic carbocycles. The summed E-state index contributed by atoms with van der Waals surface area (Å²) in [7, 11) is 0. The van der Waals surface area contributed by atoms with Crippen molar-refractivity contribution >= 4 is 11.0 Å². The third kappa shape index (κ3) is 1.49. The molecule has 0 bridgehead atoms. The minimum absolute atomic E-state index is 0.0253. The van der Waals surface area contributed by atoms with E-state index in [0.717, 1.165) is 0 Å². The lowest BCUT2D eigenvalue weighted by atomic mass is 10.0. The van der Waals surface area contributed by atoms with Crippen LogP contribution in [0.1, 0.15) is 11.7 Å². The Hall–Kier alpha value is -1.46. The molecule has 1 heterocycles. The van der Waals surface area contributed by atoms with Crippen molar-refractivity contribution in [3.63, 3.8) is 0 Å². The highest BCUT2D eigenvalue weighted by Crippen LogP contribution is 2.29. The quantitative estimate of drug-likeness (QED) is 0.798. The molecule has 1 atom stereocenters. The summed E-state index contributed by atoms with van der Waals surface area (Å²) in [4.78, 5) is 0. The van der Waals surface area contributed by atoms with Crippen LogP contribution in [-0.2, 0) is 0 Å². The Morgan fingerprint density at radius 2 is 2.13 bits per heavy atom. The van der Waals surface area contributed by atoms with Gasteiger partial charge < -0.3 is 15.3 Å². The first-order valence-electron chi connectivity index (χ1n) is 4.38. The Labute approximate surface area is 84.1 Å². The highest BCUT2D eigenvalue weighted by Gasteiger charge is 2.19. The van der Waals surface area contributed by atoms with Gasteiger partial charge in [-0.3, -0.25) is 0 Å². The van der Waals surface area contributed by atoms with Gasteiger partial charge in [-0.25, -0.2) is 8.78 Å². The zero-order valence-electron chi connectivity index (χ0n) is 7.71. The minimum Gasteiger partial charge on any atom is -0.461 e. The summed E-state index contributed by atoms with van der Waals surface area (Å²) in [5, 5.41) is 9.70. The summed E-state index contributed by atoms with van der Waals surface area (Å²) in [5.41, 5.74) is 5.13. The first-order chi connectivity index (χ1) is 7.15. The first-order valence-corrected chi connectivity index (χ1v) is 4.38. The largest absolute Gasteiger partial charge is 0.461 e. The van der Waals surface area contributed by atoms with Gasteiger partial charge in [-0.1, -0.05) is 0 Å². The lowest BCUT2D eigenvalue weighted by Gasteiger charge is -2.10. The average molecular weight is 213 g/mol. The molecular weight excluding hydrogens is 204 g/mol. The maximum atomic E-state index is 13.4. The molecule has 0 amide bonds. The summed E-state index contributed by atoms with van der Waals surface area (Å²) in [6.07, 6.45) is 0.0746. The number of nitrogens with two attached hydrogens (primary N) is 1. The third-order valence-electron chi connectivity index (χ3n) is 2.24. The maximum Gasteiger partial charge on any atom is 0.170 e. The summed E-state index contributed by atoms with van der Waals surface area (Å²) in [5.74, 6) is -1.61. The standard InChI is InChI=1S/C10H9F2NO2/c11-6-3-7(12)10-5(1-2-15-10)9(6)8(14)4-13/h1-3,8,14H,4,13H2. The Kier molecular flexibility index (Phi) is 2.42. The van der Waals surface area contributed by atoms with Crippen molar-refractivity contribution in [1.29, 1.82) is 0 Å². The topological polar surface area (TPSA) is 59.4 Å². The number of hydrogen-bond donors (Lipinski definition) is 2. The van der Waals surface area contributed by atoms with Gasteiger partial charge in [0.1, 0.15) is 5.82 Å². The summed E-state index contributed by atoms with van der Waals surface area (Å²) >= 11 is 0. The van der Waals surface area contributed by atoms with E-state index in [2.05, 4.69) is 0 Å². The molecule has 0 spiro atoms. The van der Waals surface area contributed by atoms with Crippen LogP contribution < -0.4 is 5.73 Å². The molecule has 0 radical (unpaired) electrons. The smallest absolute Gasteiger partial charge is 0.170 e. The second kappa shape index (κ2) is 3.60. The number of aliphatic hydroxyl groups is 1. The third-order valence-corrected chi connectivity index (χ3v) is 2.24. The normalized spacial score (nSPS) is 13.3. The molecule has 1 unspecified atom stereocenters. The van der Waals surface area contributed by atoms with Gasteiger partial charge in [0.25, 0.3) is 0 Å². The zero-order chi connectivity index (χ0) is 11.0. The van der Waals surface area contributed by atoms with E-state index in [4.69, 9.17) is 10.2 Å². The fourth-order valence-corrected chi connectivity index (χ4v) is 1.55. The molecule has 2 aromatic rings. The SMILES string of the molecule is NCC(O)c1c(F)cc(F)c2occc12. The van der Waals surface area contributed by atoms with Crippen LogP contribution in [0.25, 0.3) is 11.0 Å². The van der Waals surface area contributed by atoms with E-state index < -0.39 is 17.7 Å². The fraction of sp³-hybridized carbons (Fsp3) is 0.200. The van der Waals surface area contributed by atoms with Crippen LogP contribution >= 0.6 is 0 Å². The van der Waals surface area contributed by atoms with Crippen molar-refractivity contribution in [2.24, 2.45) is 5.73 Å². The lowest BCUT2D eigenvalue weighted by Crippen LogP contribution is -2.13. The molecule has 0 aliphatic carbocycles. The predicted octanol–water partition coefficient (Wildman–Crippen LogP) is 1.70. The number of halogens is 2. The van der Waals surface area contributed by atoms with Crippen molar-refractivity contribution in [2.75, 3.05) is 6.54 Å². The van der Waals surface area contributed by atoms with Gasteiger partial charge in [-0.2, -0.15) is 0 Å². The first kappa shape index (κ1) is 10.1. The molecule has 0 saturated carbocycles. The Morgan fingerprint density at radius 1 is 1.40 bits per heavy atom. The molecule has 1 aromatic heterocycles. The van der Waals surface area contributed by atoms with E-state index in [1.807, 2.05) is 0 Å². The van der Waals surface area contributed by atoms with Crippen molar-refractivity contribution in [3.8, 4) is 0 Å². The highest BCUT2D eigenvalue weighted by molar-refractivity contribution is 5.82. The van der Waals surface area contributed by atoms with E-state index in [1.165, 1.54) is 12.3 Å². The molecule has 0 fully saturated rings. The van der Waals surface area contributed by atoms with Gasteiger partial charge in [0.15, 0.2) is 11.4 Å². The van der Waals surface area contributed by atoms with Gasteiger partial charge >= 0.3 is 0 Å². The van der Waals surface area contributed by atoms with Crippen molar-refractivity contribution in [2.45, 2.75) is 6.10 Å². The minimum atomic E-state index is -1.16. The number of hydrogen-bond acceptors (Lipinski definition) is 3. The van der Waals surface area contributed by atoms with Gasteiger partial charge in [-0.05, 0) is 6.07 Å². The number of furan rings is 1. The number of benzene rings is 1. The monoisotopic (exact) mass is 213 g/mol. The highest BCUT2D eigenvalue weighted by atomic mass is 19.1. The van der Waals surface area contributed by atoms with Crippen LogP contribution in [0, 0.1) is 11.6 Å². The maximum absolute atomic E-state index is 13.4. The van der Waals surface area contributed by atoms with E-state index >= 15 is 0 Å². The van der Waals surface area contributed by atoms with Crippen LogP contribution in [0.3, 0.4) is 0 Å². The Balaban J connectivity index is 2.76. The number of aliphatic hydroxyl groups excluding tert-OH is 1. The Bertz CT molecular complexity index is 495. The van der Waals surface area contributed by atoms with Gasteiger partial charge in [-0.15, -0.1) is 0 Å². The zero-order valence-corrected chi connectivity index (χ0v) is 7.71. The Morgan fingerprint density at radius 3 is 2.80 bits per heavy atom. The molecular formula is C10H9F2NO2. The number of rotatable bonds is 2. The molecule has 3 nitrogen and oxygen atoms in total. The van der Waals surface area contributed by atoms with E-state index in [0.29, 0.717) is 6.07 Å². The van der Waals surface area contributed by atoms with Crippen LogP contribution in [0.2, 0.25) is 0 Å². The van der Waals surface area contributed by atoms with E-state index in [9.17, 15) is 13.9 Å². The lowest BCUT2D eigenvalue weighted by molar-refractivity contribution is 0.183. The van der Waals surface area contributed by atoms with Crippen LogP contribution in [0.15, 0.2) is 22.8 Å². The second-order valence-electron chi connectivity index (χ2n) is 3.17. The predicted molar refractivity (Wildman–Crippen MR) is 50.1 cm³/mol. The van der Waals surface area contributed by atoms with Gasteiger partial charge in [0.2, 0.25) is 0 Å². The van der Waals surface area contributed by atoms with E-state index in [-0.39, 0.29) is 23.1 Å². The summed E-state index contributed by atoms with van der Waals surface area (Å²) < 4.78 is 31.4. The summed E-state index contributed by atoms with van der Waals surface area (Å²) in [6.45, 7) is -0.136. The van der Waals surface area contributed by atoms with Gasteiger partial charge in [0.05, 0.1) is 12.4 Å². The molecule has 3 N–H and O–H groups in total. The molecule has 0 aliphatic heterocycles. The molecule has 80 valence electrons. The summed E-state index contributed by atoms with van der Waals surface area (Å²) in [6, 6.07) is 2.08. The molecule has 5 heteroatoms. The molecule has 0 aliphatic rings. The average Bonchev–Trinajstić information content (AvgIpc) is 2.66. The van der Waals surface area contributed by atoms with E-state index in [1.54, 1.807) is 0 Å². The number of fused-ring (bicyclic) bond motifs is 1. The van der Waals surface area contributed by atoms with Crippen LogP contribution in [0.4, 0.5) is 8.78 Å². The van der Waals surface area contributed by atoms with Crippen molar-refractivity contribution in [3.05, 3.63) is 35.6 Å².